The van der Waals surface area contributed by atoms with E-state index in [2.05, 4.69) is 5.32 Å². The van der Waals surface area contributed by atoms with Crippen molar-refractivity contribution in [1.29, 1.82) is 0 Å². The quantitative estimate of drug-likeness (QED) is 0.342. The molecule has 1 heterocycles. The number of nitrogens with zero attached hydrogens (tertiary/aromatic N) is 1. The van der Waals surface area contributed by atoms with Crippen molar-refractivity contribution in [3.8, 4) is 11.5 Å². The number of hydrogen-bond acceptors (Lipinski definition) is 4. The molecule has 0 bridgehead atoms. The molecule has 3 aromatic rings. The Kier molecular flexibility index (Phi) is 6.14. The van der Waals surface area contributed by atoms with E-state index in [1.807, 2.05) is 13.0 Å². The normalized spacial score (nSPS) is 19.3. The molecule has 1 aliphatic heterocycles. The van der Waals surface area contributed by atoms with Gasteiger partial charge in [-0.1, -0.05) is 29.3 Å². The largest absolute Gasteiger partial charge is 0.457 e. The summed E-state index contributed by atoms with van der Waals surface area (Å²) in [6.07, 6.45) is 3.21. The SMILES string of the molecule is CC1=CC[C@H]2C(=O)N(c3cccc(C(=O)Nc4ccc(Oc5ccc(Cl)cc5)cc4)c3)C(=O)[C@@H]2C1. The van der Waals surface area contributed by atoms with Gasteiger partial charge in [0.1, 0.15) is 11.5 Å². The van der Waals surface area contributed by atoms with E-state index in [9.17, 15) is 14.4 Å². The van der Waals surface area contributed by atoms with Crippen LogP contribution in [0.4, 0.5) is 11.4 Å². The predicted octanol–water partition coefficient (Wildman–Crippen LogP) is 6.23. The van der Waals surface area contributed by atoms with Crippen molar-refractivity contribution in [3.63, 3.8) is 0 Å². The number of carbonyl (C=O) groups is 3. The lowest BCUT2D eigenvalue weighted by molar-refractivity contribution is -0.122. The molecule has 5 rings (SSSR count). The maximum Gasteiger partial charge on any atom is 0.255 e. The fourth-order valence-electron chi connectivity index (χ4n) is 4.53. The van der Waals surface area contributed by atoms with Gasteiger partial charge in [0.25, 0.3) is 5.91 Å². The second-order valence-electron chi connectivity index (χ2n) is 8.80. The Bertz CT molecular complexity index is 1330. The molecule has 0 saturated carbocycles. The van der Waals surface area contributed by atoms with Crippen molar-refractivity contribution < 1.29 is 19.1 Å². The minimum absolute atomic E-state index is 0.193. The molecule has 176 valence electrons. The molecular weight excluding hydrogens is 464 g/mol. The molecule has 1 saturated heterocycles. The van der Waals surface area contributed by atoms with Crippen molar-refractivity contribution in [1.82, 2.24) is 0 Å². The first-order valence-electron chi connectivity index (χ1n) is 11.4. The first-order valence-corrected chi connectivity index (χ1v) is 11.8. The Labute approximate surface area is 208 Å². The highest BCUT2D eigenvalue weighted by Gasteiger charge is 2.48. The summed E-state index contributed by atoms with van der Waals surface area (Å²) in [4.78, 5) is 40.1. The van der Waals surface area contributed by atoms with Gasteiger partial charge in [-0.05, 0) is 86.5 Å². The molecular formula is C28H23ClN2O4. The lowest BCUT2D eigenvalue weighted by Gasteiger charge is -2.18. The average molecular weight is 487 g/mol. The van der Waals surface area contributed by atoms with Gasteiger partial charge in [-0.3, -0.25) is 19.3 Å². The van der Waals surface area contributed by atoms with E-state index in [4.69, 9.17) is 16.3 Å². The van der Waals surface area contributed by atoms with Crippen LogP contribution in [0.5, 0.6) is 11.5 Å². The van der Waals surface area contributed by atoms with Crippen LogP contribution in [0.2, 0.25) is 5.02 Å². The molecule has 3 aromatic carbocycles. The van der Waals surface area contributed by atoms with Gasteiger partial charge in [-0.15, -0.1) is 0 Å². The number of allylic oxidation sites excluding steroid dienone is 2. The van der Waals surface area contributed by atoms with Gasteiger partial charge in [0.05, 0.1) is 17.5 Å². The summed E-state index contributed by atoms with van der Waals surface area (Å²) in [5.41, 5.74) is 2.50. The number of amides is 3. The predicted molar refractivity (Wildman–Crippen MR) is 135 cm³/mol. The van der Waals surface area contributed by atoms with Gasteiger partial charge in [-0.2, -0.15) is 0 Å². The molecule has 0 radical (unpaired) electrons. The molecule has 0 unspecified atom stereocenters. The van der Waals surface area contributed by atoms with Crippen LogP contribution in [-0.2, 0) is 9.59 Å². The van der Waals surface area contributed by atoms with E-state index in [1.54, 1.807) is 72.8 Å². The number of fused-ring (bicyclic) bond motifs is 1. The zero-order valence-corrected chi connectivity index (χ0v) is 19.8. The van der Waals surface area contributed by atoms with Gasteiger partial charge < -0.3 is 10.1 Å². The number of ether oxygens (including phenoxy) is 1. The van der Waals surface area contributed by atoms with Crippen molar-refractivity contribution in [3.05, 3.63) is 95.0 Å². The zero-order chi connectivity index (χ0) is 24.5. The van der Waals surface area contributed by atoms with Crippen molar-refractivity contribution >= 4 is 40.7 Å². The van der Waals surface area contributed by atoms with Crippen LogP contribution >= 0.6 is 11.6 Å². The van der Waals surface area contributed by atoms with E-state index < -0.39 is 0 Å². The third-order valence-electron chi connectivity index (χ3n) is 6.35. The molecule has 7 heteroatoms. The van der Waals surface area contributed by atoms with Crippen LogP contribution < -0.4 is 15.0 Å². The summed E-state index contributed by atoms with van der Waals surface area (Å²) >= 11 is 5.90. The number of anilines is 2. The van der Waals surface area contributed by atoms with Crippen molar-refractivity contribution in [2.75, 3.05) is 10.2 Å². The molecule has 6 nitrogen and oxygen atoms in total. The molecule has 1 N–H and O–H groups in total. The lowest BCUT2D eigenvalue weighted by Crippen LogP contribution is -2.31. The van der Waals surface area contributed by atoms with Crippen LogP contribution in [0, 0.1) is 11.8 Å². The number of rotatable bonds is 5. The van der Waals surface area contributed by atoms with Crippen LogP contribution in [0.3, 0.4) is 0 Å². The molecule has 1 fully saturated rings. The summed E-state index contributed by atoms with van der Waals surface area (Å²) in [5, 5.41) is 3.47. The van der Waals surface area contributed by atoms with Crippen molar-refractivity contribution in [2.24, 2.45) is 11.8 Å². The molecule has 1 aliphatic carbocycles. The third-order valence-corrected chi connectivity index (χ3v) is 6.60. The van der Waals surface area contributed by atoms with Crippen LogP contribution in [0.25, 0.3) is 0 Å². The minimum atomic E-state index is -0.341. The van der Waals surface area contributed by atoms with Crippen molar-refractivity contribution in [2.45, 2.75) is 19.8 Å². The second-order valence-corrected chi connectivity index (χ2v) is 9.24. The average Bonchev–Trinajstić information content (AvgIpc) is 3.11. The molecule has 3 amide bonds. The van der Waals surface area contributed by atoms with E-state index in [0.717, 1.165) is 5.57 Å². The fraction of sp³-hybridized carbons (Fsp3) is 0.179. The highest BCUT2D eigenvalue weighted by Crippen LogP contribution is 2.39. The standard InChI is InChI=1S/C28H23ClN2O4/c1-17-5-14-24-25(15-17)28(34)31(27(24)33)21-4-2-3-18(16-21)26(32)30-20-8-12-23(13-9-20)35-22-10-6-19(29)7-11-22/h2-13,16,24-25H,14-15H2,1H3,(H,30,32)/t24-,25-/m1/s1. The summed E-state index contributed by atoms with van der Waals surface area (Å²) in [6.45, 7) is 1.98. The summed E-state index contributed by atoms with van der Waals surface area (Å²) in [6, 6.07) is 20.6. The summed E-state index contributed by atoms with van der Waals surface area (Å²) in [7, 11) is 0. The molecule has 2 atom stereocenters. The summed E-state index contributed by atoms with van der Waals surface area (Å²) in [5.74, 6) is -0.105. The first-order chi connectivity index (χ1) is 16.9. The number of benzene rings is 3. The maximum absolute atomic E-state index is 13.0. The molecule has 0 aromatic heterocycles. The molecule has 2 aliphatic rings. The summed E-state index contributed by atoms with van der Waals surface area (Å²) < 4.78 is 5.77. The van der Waals surface area contributed by atoms with Gasteiger partial charge >= 0.3 is 0 Å². The van der Waals surface area contributed by atoms with Gasteiger partial charge in [-0.25, -0.2) is 0 Å². The number of hydrogen-bond donors (Lipinski definition) is 1. The fourth-order valence-corrected chi connectivity index (χ4v) is 4.65. The highest BCUT2D eigenvalue weighted by molar-refractivity contribution is 6.30. The number of nitrogens with one attached hydrogen (secondary N) is 1. The topological polar surface area (TPSA) is 75.7 Å². The monoisotopic (exact) mass is 486 g/mol. The number of imide groups is 1. The molecule has 0 spiro atoms. The van der Waals surface area contributed by atoms with Gasteiger partial charge in [0.2, 0.25) is 11.8 Å². The number of halogens is 1. The lowest BCUT2D eigenvalue weighted by atomic mass is 9.82. The Morgan fingerprint density at radius 3 is 2.31 bits per heavy atom. The Hall–Kier alpha value is -3.90. The van der Waals surface area contributed by atoms with Crippen LogP contribution in [0.15, 0.2) is 84.4 Å². The van der Waals surface area contributed by atoms with E-state index in [1.165, 1.54) is 4.90 Å². The Morgan fingerprint density at radius 1 is 0.943 bits per heavy atom. The van der Waals surface area contributed by atoms with E-state index >= 15 is 0 Å². The Morgan fingerprint density at radius 2 is 1.60 bits per heavy atom. The van der Waals surface area contributed by atoms with Gasteiger partial charge in [0.15, 0.2) is 0 Å². The van der Waals surface area contributed by atoms with Crippen LogP contribution in [-0.4, -0.2) is 17.7 Å². The van der Waals surface area contributed by atoms with E-state index in [-0.39, 0.29) is 29.6 Å². The maximum atomic E-state index is 13.0. The number of carbonyl (C=O) groups excluding carboxylic acids is 3. The molecule has 35 heavy (non-hydrogen) atoms. The zero-order valence-electron chi connectivity index (χ0n) is 19.0. The minimum Gasteiger partial charge on any atom is -0.457 e. The van der Waals surface area contributed by atoms with Crippen LogP contribution in [0.1, 0.15) is 30.1 Å². The van der Waals surface area contributed by atoms with E-state index in [0.29, 0.717) is 46.3 Å². The third kappa shape index (κ3) is 4.70. The first kappa shape index (κ1) is 22.9. The second kappa shape index (κ2) is 9.39. The smallest absolute Gasteiger partial charge is 0.255 e. The van der Waals surface area contributed by atoms with Gasteiger partial charge in [0, 0.05) is 16.3 Å². The highest BCUT2D eigenvalue weighted by atomic mass is 35.5. The Balaban J connectivity index is 1.27.